The summed E-state index contributed by atoms with van der Waals surface area (Å²) in [6.07, 6.45) is 2.36. The maximum atomic E-state index is 3.48. The van der Waals surface area contributed by atoms with Crippen molar-refractivity contribution in [3.8, 4) is 0 Å². The van der Waals surface area contributed by atoms with Gasteiger partial charge in [0.1, 0.15) is 0 Å². The van der Waals surface area contributed by atoms with Crippen molar-refractivity contribution in [2.45, 2.75) is 53.5 Å². The predicted molar refractivity (Wildman–Crippen MR) is 81.0 cm³/mol. The van der Waals surface area contributed by atoms with Crippen molar-refractivity contribution in [1.29, 1.82) is 0 Å². The van der Waals surface area contributed by atoms with Crippen LogP contribution in [0.15, 0.2) is 24.3 Å². The van der Waals surface area contributed by atoms with Gasteiger partial charge in [-0.05, 0) is 49.3 Å². The minimum Gasteiger partial charge on any atom is -0.317 e. The molecule has 18 heavy (non-hydrogen) atoms. The van der Waals surface area contributed by atoms with E-state index in [0.717, 1.165) is 12.3 Å². The first-order chi connectivity index (χ1) is 8.34. The van der Waals surface area contributed by atoms with E-state index in [4.69, 9.17) is 0 Å². The summed E-state index contributed by atoms with van der Waals surface area (Å²) in [7, 11) is 2.08. The first kappa shape index (κ1) is 15.2. The molecule has 0 fully saturated rings. The van der Waals surface area contributed by atoms with Crippen LogP contribution < -0.4 is 5.32 Å². The number of likely N-dealkylation sites (N-methyl/N-ethyl adjacent to an activating group) is 1. The summed E-state index contributed by atoms with van der Waals surface area (Å²) >= 11 is 0. The van der Waals surface area contributed by atoms with Crippen LogP contribution in [-0.2, 0) is 6.42 Å². The van der Waals surface area contributed by atoms with E-state index in [9.17, 15) is 0 Å². The standard InChI is InChI=1S/C17H29N/c1-13-9-7-8-10-15(13)12-16(18-6)11-14(2)17(3,4)5/h7-10,14,16,18H,11-12H2,1-6H3. The maximum absolute atomic E-state index is 3.48. The summed E-state index contributed by atoms with van der Waals surface area (Å²) in [4.78, 5) is 0. The summed E-state index contributed by atoms with van der Waals surface area (Å²) in [5, 5.41) is 3.48. The molecule has 0 heterocycles. The summed E-state index contributed by atoms with van der Waals surface area (Å²) in [6.45, 7) is 11.6. The highest BCUT2D eigenvalue weighted by Gasteiger charge is 2.23. The Morgan fingerprint density at radius 3 is 2.28 bits per heavy atom. The van der Waals surface area contributed by atoms with Crippen LogP contribution in [0.3, 0.4) is 0 Å². The van der Waals surface area contributed by atoms with Crippen molar-refractivity contribution in [1.82, 2.24) is 5.32 Å². The van der Waals surface area contributed by atoms with E-state index >= 15 is 0 Å². The lowest BCUT2D eigenvalue weighted by atomic mass is 9.77. The van der Waals surface area contributed by atoms with E-state index in [-0.39, 0.29) is 0 Å². The third-order valence-corrected chi connectivity index (χ3v) is 4.25. The van der Waals surface area contributed by atoms with E-state index in [1.165, 1.54) is 17.5 Å². The molecule has 0 radical (unpaired) electrons. The molecule has 0 bridgehead atoms. The van der Waals surface area contributed by atoms with Crippen LogP contribution in [0.4, 0.5) is 0 Å². The first-order valence-electron chi connectivity index (χ1n) is 7.06. The minimum absolute atomic E-state index is 0.390. The molecule has 1 rings (SSSR count). The predicted octanol–water partition coefficient (Wildman–Crippen LogP) is 4.20. The Kier molecular flexibility index (Phi) is 5.40. The van der Waals surface area contributed by atoms with E-state index in [0.29, 0.717) is 11.5 Å². The largest absolute Gasteiger partial charge is 0.317 e. The van der Waals surface area contributed by atoms with Gasteiger partial charge >= 0.3 is 0 Å². The fourth-order valence-corrected chi connectivity index (χ4v) is 2.19. The van der Waals surface area contributed by atoms with Gasteiger partial charge in [0, 0.05) is 6.04 Å². The Hall–Kier alpha value is -0.820. The zero-order chi connectivity index (χ0) is 13.8. The van der Waals surface area contributed by atoms with Crippen molar-refractivity contribution < 1.29 is 0 Å². The van der Waals surface area contributed by atoms with Crippen LogP contribution in [0.2, 0.25) is 0 Å². The zero-order valence-corrected chi connectivity index (χ0v) is 12.9. The quantitative estimate of drug-likeness (QED) is 0.822. The van der Waals surface area contributed by atoms with Gasteiger partial charge in [0.2, 0.25) is 0 Å². The van der Waals surface area contributed by atoms with Crippen LogP contribution in [0.25, 0.3) is 0 Å². The van der Waals surface area contributed by atoms with E-state index < -0.39 is 0 Å². The molecule has 0 amide bonds. The first-order valence-corrected chi connectivity index (χ1v) is 7.06. The fourth-order valence-electron chi connectivity index (χ4n) is 2.19. The number of benzene rings is 1. The van der Waals surface area contributed by atoms with Crippen LogP contribution >= 0.6 is 0 Å². The number of hydrogen-bond acceptors (Lipinski definition) is 1. The highest BCUT2D eigenvalue weighted by molar-refractivity contribution is 5.26. The minimum atomic E-state index is 0.390. The van der Waals surface area contributed by atoms with Gasteiger partial charge in [-0.2, -0.15) is 0 Å². The lowest BCUT2D eigenvalue weighted by Gasteiger charge is -2.31. The van der Waals surface area contributed by atoms with Crippen LogP contribution in [-0.4, -0.2) is 13.1 Å². The highest BCUT2D eigenvalue weighted by atomic mass is 14.9. The number of hydrogen-bond donors (Lipinski definition) is 1. The van der Waals surface area contributed by atoms with Crippen LogP contribution in [0, 0.1) is 18.3 Å². The Bertz CT molecular complexity index is 362. The maximum Gasteiger partial charge on any atom is 0.0107 e. The van der Waals surface area contributed by atoms with Gasteiger partial charge in [0.05, 0.1) is 0 Å². The zero-order valence-electron chi connectivity index (χ0n) is 12.9. The van der Waals surface area contributed by atoms with Crippen molar-refractivity contribution in [2.75, 3.05) is 7.05 Å². The molecule has 102 valence electrons. The molecule has 1 nitrogen and oxygen atoms in total. The molecule has 0 aromatic heterocycles. The molecule has 1 aromatic carbocycles. The Balaban J connectivity index is 2.66. The molecule has 0 saturated carbocycles. The molecular formula is C17H29N. The van der Waals surface area contributed by atoms with E-state index in [1.807, 2.05) is 0 Å². The Morgan fingerprint density at radius 1 is 1.17 bits per heavy atom. The van der Waals surface area contributed by atoms with Gasteiger partial charge in [-0.3, -0.25) is 0 Å². The number of nitrogens with one attached hydrogen (secondary N) is 1. The van der Waals surface area contributed by atoms with Crippen molar-refractivity contribution in [3.05, 3.63) is 35.4 Å². The van der Waals surface area contributed by atoms with Crippen molar-refractivity contribution in [3.63, 3.8) is 0 Å². The molecular weight excluding hydrogens is 218 g/mol. The van der Waals surface area contributed by atoms with Gasteiger partial charge in [-0.1, -0.05) is 52.0 Å². The average Bonchev–Trinajstić information content (AvgIpc) is 2.29. The molecule has 0 spiro atoms. The normalized spacial score (nSPS) is 15.4. The summed E-state index contributed by atoms with van der Waals surface area (Å²) in [6, 6.07) is 9.28. The highest BCUT2D eigenvalue weighted by Crippen LogP contribution is 2.29. The monoisotopic (exact) mass is 247 g/mol. The molecule has 0 aliphatic carbocycles. The number of aryl methyl sites for hydroxylation is 1. The SMILES string of the molecule is CNC(Cc1ccccc1C)CC(C)C(C)(C)C. The lowest BCUT2D eigenvalue weighted by molar-refractivity contribution is 0.225. The van der Waals surface area contributed by atoms with E-state index in [2.05, 4.69) is 71.2 Å². The second kappa shape index (κ2) is 6.38. The summed E-state index contributed by atoms with van der Waals surface area (Å²) in [5.41, 5.74) is 3.26. The van der Waals surface area contributed by atoms with Gasteiger partial charge < -0.3 is 5.32 Å². The molecule has 1 N–H and O–H groups in total. The second-order valence-corrected chi connectivity index (χ2v) is 6.62. The molecule has 0 saturated heterocycles. The molecule has 0 aliphatic rings. The van der Waals surface area contributed by atoms with Gasteiger partial charge in [-0.15, -0.1) is 0 Å². The number of rotatable bonds is 5. The van der Waals surface area contributed by atoms with Crippen LogP contribution in [0.5, 0.6) is 0 Å². The van der Waals surface area contributed by atoms with Crippen molar-refractivity contribution >= 4 is 0 Å². The third kappa shape index (κ3) is 4.45. The molecule has 2 atom stereocenters. The van der Waals surface area contributed by atoms with Gasteiger partial charge in [0.15, 0.2) is 0 Å². The molecule has 2 unspecified atom stereocenters. The van der Waals surface area contributed by atoms with Crippen LogP contribution in [0.1, 0.15) is 45.2 Å². The lowest BCUT2D eigenvalue weighted by Crippen LogP contribution is -2.33. The second-order valence-electron chi connectivity index (χ2n) is 6.62. The fraction of sp³-hybridized carbons (Fsp3) is 0.647. The smallest absolute Gasteiger partial charge is 0.0107 e. The van der Waals surface area contributed by atoms with Gasteiger partial charge in [0.25, 0.3) is 0 Å². The topological polar surface area (TPSA) is 12.0 Å². The summed E-state index contributed by atoms with van der Waals surface area (Å²) < 4.78 is 0. The average molecular weight is 247 g/mol. The molecule has 1 heteroatoms. The molecule has 1 aromatic rings. The third-order valence-electron chi connectivity index (χ3n) is 4.25. The summed E-state index contributed by atoms with van der Waals surface area (Å²) in [5.74, 6) is 0.721. The Morgan fingerprint density at radius 2 is 1.78 bits per heavy atom. The van der Waals surface area contributed by atoms with E-state index in [1.54, 1.807) is 0 Å². The Labute approximate surface area is 113 Å². The van der Waals surface area contributed by atoms with Gasteiger partial charge in [-0.25, -0.2) is 0 Å². The molecule has 0 aliphatic heterocycles. The van der Waals surface area contributed by atoms with Crippen molar-refractivity contribution in [2.24, 2.45) is 11.3 Å².